The second-order valence-corrected chi connectivity index (χ2v) is 11.9. The van der Waals surface area contributed by atoms with E-state index in [0.717, 1.165) is 5.56 Å². The highest BCUT2D eigenvalue weighted by Crippen LogP contribution is 2.30. The Balaban J connectivity index is 1.97. The van der Waals surface area contributed by atoms with E-state index in [1.54, 1.807) is 37.4 Å². The Hall–Kier alpha value is -2.72. The molecule has 0 aromatic heterocycles. The highest BCUT2D eigenvalue weighted by Gasteiger charge is 2.30. The molecule has 0 radical (unpaired) electrons. The topological polar surface area (TPSA) is 123 Å². The van der Waals surface area contributed by atoms with Crippen molar-refractivity contribution in [3.63, 3.8) is 0 Å². The lowest BCUT2D eigenvalue weighted by Crippen LogP contribution is -2.42. The fourth-order valence-electron chi connectivity index (χ4n) is 4.69. The second kappa shape index (κ2) is 18.1. The Morgan fingerprint density at radius 3 is 2.33 bits per heavy atom. The summed E-state index contributed by atoms with van der Waals surface area (Å²) in [5, 5.41) is 17.3. The van der Waals surface area contributed by atoms with Crippen LogP contribution in [0.5, 0.6) is 5.75 Å². The highest BCUT2D eigenvalue weighted by atomic mass is 35.5. The number of anilines is 1. The van der Waals surface area contributed by atoms with Gasteiger partial charge >= 0.3 is 0 Å². The first-order valence-corrected chi connectivity index (χ1v) is 15.0. The summed E-state index contributed by atoms with van der Waals surface area (Å²) in [7, 11) is 1.63. The van der Waals surface area contributed by atoms with Crippen molar-refractivity contribution in [2.45, 2.75) is 72.1 Å². The predicted molar refractivity (Wildman–Crippen MR) is 165 cm³/mol. The van der Waals surface area contributed by atoms with Crippen LogP contribution in [0, 0.1) is 29.5 Å². The van der Waals surface area contributed by atoms with Gasteiger partial charge in [0.15, 0.2) is 0 Å². The molecule has 2 rings (SSSR count). The van der Waals surface area contributed by atoms with Crippen LogP contribution in [0.15, 0.2) is 42.5 Å². The lowest BCUT2D eigenvalue weighted by molar-refractivity contribution is -0.127. The van der Waals surface area contributed by atoms with Crippen LogP contribution < -0.4 is 21.1 Å². The zero-order chi connectivity index (χ0) is 31.2. The number of aliphatic hydroxyl groups is 1. The highest BCUT2D eigenvalue weighted by molar-refractivity contribution is 6.31. The molecule has 0 saturated heterocycles. The van der Waals surface area contributed by atoms with Gasteiger partial charge in [-0.1, -0.05) is 51.4 Å². The number of ether oxygens (including phenoxy) is 2. The van der Waals surface area contributed by atoms with Crippen molar-refractivity contribution in [1.29, 1.82) is 0 Å². The van der Waals surface area contributed by atoms with Crippen molar-refractivity contribution in [1.82, 2.24) is 5.32 Å². The van der Waals surface area contributed by atoms with Crippen LogP contribution >= 0.6 is 11.6 Å². The summed E-state index contributed by atoms with van der Waals surface area (Å²) in [6.07, 6.45) is 0.565. The number of nitrogens with two attached hydrogens (primary N) is 1. The SMILES string of the molecule is COCCCOc1ccc(Cl)cc1NC(=O)C[C@@H](C[C@H](N)[C@@H](O)C[C@H](C(=O)NCc1ccc(F)cc1)C(C)C)C(C)C. The van der Waals surface area contributed by atoms with E-state index >= 15 is 0 Å². The zero-order valence-corrected chi connectivity index (χ0v) is 26.1. The molecule has 0 unspecified atom stereocenters. The van der Waals surface area contributed by atoms with E-state index in [-0.39, 0.29) is 54.8 Å². The number of carbonyl (C=O) groups excluding carboxylic acids is 2. The summed E-state index contributed by atoms with van der Waals surface area (Å²) >= 11 is 6.17. The van der Waals surface area contributed by atoms with E-state index in [4.69, 9.17) is 26.8 Å². The maximum Gasteiger partial charge on any atom is 0.224 e. The van der Waals surface area contributed by atoms with Crippen LogP contribution in [0.25, 0.3) is 0 Å². The standard InChI is InChI=1S/C32H47ClFN3O5/c1-20(2)23(16-31(39)37-28-17-24(33)9-12-30(28)42-14-6-13-41-5)15-27(35)29(38)18-26(21(3)4)32(40)36-19-22-7-10-25(34)11-8-22/h7-12,17,20-21,23,26-27,29,38H,6,13-16,18-19,35H2,1-5H3,(H,36,40)(H,37,39)/t23-,26+,27+,29+/m1/s1. The summed E-state index contributed by atoms with van der Waals surface area (Å²) in [4.78, 5) is 26.0. The first kappa shape index (κ1) is 35.5. The van der Waals surface area contributed by atoms with Gasteiger partial charge in [0.2, 0.25) is 11.8 Å². The third-order valence-electron chi connectivity index (χ3n) is 7.44. The van der Waals surface area contributed by atoms with E-state index in [2.05, 4.69) is 10.6 Å². The Morgan fingerprint density at radius 1 is 1.02 bits per heavy atom. The summed E-state index contributed by atoms with van der Waals surface area (Å²) in [6, 6.07) is 10.4. The Morgan fingerprint density at radius 2 is 1.71 bits per heavy atom. The van der Waals surface area contributed by atoms with Gasteiger partial charge in [0.25, 0.3) is 0 Å². The summed E-state index contributed by atoms with van der Waals surface area (Å²) in [5.74, 6) is -0.692. The average molecular weight is 608 g/mol. The van der Waals surface area contributed by atoms with E-state index < -0.39 is 18.1 Å². The number of amides is 2. The van der Waals surface area contributed by atoms with Crippen LogP contribution in [0.1, 0.15) is 58.9 Å². The van der Waals surface area contributed by atoms with Crippen molar-refractivity contribution < 1.29 is 28.6 Å². The molecule has 0 aliphatic carbocycles. The fourth-order valence-corrected chi connectivity index (χ4v) is 4.86. The molecule has 10 heteroatoms. The summed E-state index contributed by atoms with van der Waals surface area (Å²) < 4.78 is 24.0. The molecule has 2 aromatic carbocycles. The zero-order valence-electron chi connectivity index (χ0n) is 25.4. The molecule has 0 spiro atoms. The number of benzene rings is 2. The number of hydrogen-bond donors (Lipinski definition) is 4. The average Bonchev–Trinajstić information content (AvgIpc) is 2.93. The third kappa shape index (κ3) is 12.3. The molecule has 2 amide bonds. The molecule has 5 N–H and O–H groups in total. The molecule has 42 heavy (non-hydrogen) atoms. The van der Waals surface area contributed by atoms with Crippen molar-refractivity contribution >= 4 is 29.1 Å². The monoisotopic (exact) mass is 607 g/mol. The van der Waals surface area contributed by atoms with Gasteiger partial charge in [-0.3, -0.25) is 9.59 Å². The molecule has 0 aliphatic rings. The number of rotatable bonds is 18. The third-order valence-corrected chi connectivity index (χ3v) is 7.68. The minimum atomic E-state index is -0.932. The predicted octanol–water partition coefficient (Wildman–Crippen LogP) is 5.55. The molecule has 0 fully saturated rings. The summed E-state index contributed by atoms with van der Waals surface area (Å²) in [5.41, 5.74) is 7.71. The van der Waals surface area contributed by atoms with Crippen molar-refractivity contribution in [2.75, 3.05) is 25.6 Å². The van der Waals surface area contributed by atoms with E-state index in [0.29, 0.717) is 42.5 Å². The first-order valence-electron chi connectivity index (χ1n) is 14.6. The number of halogens is 2. The minimum absolute atomic E-state index is 0.0321. The largest absolute Gasteiger partial charge is 0.491 e. The smallest absolute Gasteiger partial charge is 0.224 e. The van der Waals surface area contributed by atoms with Gasteiger partial charge in [0.05, 0.1) is 18.4 Å². The number of nitrogens with one attached hydrogen (secondary N) is 2. The lowest BCUT2D eigenvalue weighted by atomic mass is 9.82. The molecule has 0 saturated carbocycles. The number of hydrogen-bond acceptors (Lipinski definition) is 6. The second-order valence-electron chi connectivity index (χ2n) is 11.5. The van der Waals surface area contributed by atoms with E-state index in [1.807, 2.05) is 27.7 Å². The number of methoxy groups -OCH3 is 1. The first-order chi connectivity index (χ1) is 19.9. The van der Waals surface area contributed by atoms with E-state index in [1.165, 1.54) is 12.1 Å². The molecule has 0 bridgehead atoms. The molecule has 0 aliphatic heterocycles. The van der Waals surface area contributed by atoms with Crippen LogP contribution in [-0.4, -0.2) is 49.4 Å². The lowest BCUT2D eigenvalue weighted by Gasteiger charge is -2.29. The van der Waals surface area contributed by atoms with Gasteiger partial charge < -0.3 is 30.9 Å². The molecule has 0 heterocycles. The number of carbonyl (C=O) groups is 2. The molecule has 2 aromatic rings. The minimum Gasteiger partial charge on any atom is -0.491 e. The summed E-state index contributed by atoms with van der Waals surface area (Å²) in [6.45, 7) is 9.14. The Labute approximate surface area is 254 Å². The molecular formula is C32H47ClFN3O5. The van der Waals surface area contributed by atoms with Crippen molar-refractivity contribution in [2.24, 2.45) is 29.4 Å². The molecule has 4 atom stereocenters. The van der Waals surface area contributed by atoms with Crippen molar-refractivity contribution in [3.05, 3.63) is 58.9 Å². The van der Waals surface area contributed by atoms with E-state index in [9.17, 15) is 19.1 Å². The Kier molecular flexibility index (Phi) is 15.3. The quantitative estimate of drug-likeness (QED) is 0.165. The van der Waals surface area contributed by atoms with Gasteiger partial charge in [0.1, 0.15) is 11.6 Å². The van der Waals surface area contributed by atoms with Gasteiger partial charge in [0, 0.05) is 50.1 Å². The molecule has 234 valence electrons. The van der Waals surface area contributed by atoms with Gasteiger partial charge in [-0.25, -0.2) is 4.39 Å². The Bertz CT molecular complexity index is 1120. The maximum absolute atomic E-state index is 13.2. The van der Waals surface area contributed by atoms with Gasteiger partial charge in [-0.2, -0.15) is 0 Å². The molecule has 8 nitrogen and oxygen atoms in total. The van der Waals surface area contributed by atoms with Crippen LogP contribution in [0.2, 0.25) is 5.02 Å². The van der Waals surface area contributed by atoms with Gasteiger partial charge in [-0.05, 0) is 66.5 Å². The van der Waals surface area contributed by atoms with Gasteiger partial charge in [-0.15, -0.1) is 0 Å². The maximum atomic E-state index is 13.2. The van der Waals surface area contributed by atoms with Crippen LogP contribution in [-0.2, 0) is 20.9 Å². The van der Waals surface area contributed by atoms with Crippen LogP contribution in [0.3, 0.4) is 0 Å². The number of aliphatic hydroxyl groups excluding tert-OH is 1. The van der Waals surface area contributed by atoms with Crippen molar-refractivity contribution in [3.8, 4) is 5.75 Å². The van der Waals surface area contributed by atoms with Crippen LogP contribution in [0.4, 0.5) is 10.1 Å². The molecular weight excluding hydrogens is 561 g/mol. The normalized spacial score (nSPS) is 14.4. The fraction of sp³-hybridized carbons (Fsp3) is 0.562.